The minimum atomic E-state index is -0.371. The first-order chi connectivity index (χ1) is 8.41. The molecular weight excluding hydrogens is 228 g/mol. The van der Waals surface area contributed by atoms with Crippen molar-refractivity contribution < 1.29 is 15.3 Å². The monoisotopic (exact) mass is 244 g/mol. The number of hydrogen-bond acceptors (Lipinski definition) is 3. The van der Waals surface area contributed by atoms with Gasteiger partial charge in [-0.05, 0) is 35.4 Å². The van der Waals surface area contributed by atoms with Crippen molar-refractivity contribution in [3.8, 4) is 17.2 Å². The van der Waals surface area contributed by atoms with Crippen molar-refractivity contribution in [1.82, 2.24) is 0 Å². The molecule has 0 aliphatic carbocycles. The largest absolute Gasteiger partial charge is 0.508 e. The van der Waals surface area contributed by atoms with E-state index < -0.39 is 0 Å². The molecule has 94 valence electrons. The molecule has 3 N–H and O–H groups in total. The molecule has 3 nitrogen and oxygen atoms in total. The first-order valence-electron chi connectivity index (χ1n) is 5.73. The van der Waals surface area contributed by atoms with Crippen LogP contribution in [0.5, 0.6) is 17.2 Å². The van der Waals surface area contributed by atoms with Gasteiger partial charge in [0, 0.05) is 5.41 Å². The lowest BCUT2D eigenvalue weighted by Crippen LogP contribution is -2.18. The van der Waals surface area contributed by atoms with Gasteiger partial charge in [-0.25, -0.2) is 0 Å². The predicted molar refractivity (Wildman–Crippen MR) is 70.0 cm³/mol. The highest BCUT2D eigenvalue weighted by molar-refractivity contribution is 5.47. The summed E-state index contributed by atoms with van der Waals surface area (Å²) in [6.45, 7) is 3.99. The van der Waals surface area contributed by atoms with Crippen LogP contribution in [0.25, 0.3) is 0 Å². The van der Waals surface area contributed by atoms with Gasteiger partial charge in [0.05, 0.1) is 0 Å². The summed E-state index contributed by atoms with van der Waals surface area (Å²) in [5, 5.41) is 28.4. The van der Waals surface area contributed by atoms with E-state index in [0.29, 0.717) is 0 Å². The molecule has 0 atom stereocenters. The van der Waals surface area contributed by atoms with E-state index in [2.05, 4.69) is 0 Å². The molecule has 0 heterocycles. The molecule has 3 heteroatoms. The Kier molecular flexibility index (Phi) is 2.91. The summed E-state index contributed by atoms with van der Waals surface area (Å²) in [4.78, 5) is 0. The van der Waals surface area contributed by atoms with Crippen molar-refractivity contribution in [2.75, 3.05) is 0 Å². The molecule has 0 radical (unpaired) electrons. The van der Waals surface area contributed by atoms with Crippen molar-refractivity contribution in [2.45, 2.75) is 19.3 Å². The predicted octanol–water partition coefficient (Wildman–Crippen LogP) is 3.13. The molecule has 0 bridgehead atoms. The van der Waals surface area contributed by atoms with Crippen LogP contribution >= 0.6 is 0 Å². The zero-order valence-electron chi connectivity index (χ0n) is 10.4. The van der Waals surface area contributed by atoms with Crippen molar-refractivity contribution in [3.63, 3.8) is 0 Å². The number of rotatable bonds is 2. The van der Waals surface area contributed by atoms with E-state index in [0.717, 1.165) is 11.1 Å². The Morgan fingerprint density at radius 3 is 2.06 bits per heavy atom. The Hall–Kier alpha value is -2.16. The third-order valence-corrected chi connectivity index (χ3v) is 3.26. The van der Waals surface area contributed by atoms with Gasteiger partial charge in [-0.2, -0.15) is 0 Å². The average Bonchev–Trinajstić information content (AvgIpc) is 2.32. The minimum absolute atomic E-state index is 0.134. The summed E-state index contributed by atoms with van der Waals surface area (Å²) in [5.41, 5.74) is 1.43. The van der Waals surface area contributed by atoms with Crippen molar-refractivity contribution in [1.29, 1.82) is 0 Å². The van der Waals surface area contributed by atoms with E-state index in [1.165, 1.54) is 6.07 Å². The molecule has 0 unspecified atom stereocenters. The molecule has 0 saturated carbocycles. The highest BCUT2D eigenvalue weighted by atomic mass is 16.3. The highest BCUT2D eigenvalue weighted by Gasteiger charge is 2.24. The second-order valence-electron chi connectivity index (χ2n) is 4.88. The van der Waals surface area contributed by atoms with Gasteiger partial charge in [0.1, 0.15) is 5.75 Å². The van der Waals surface area contributed by atoms with Crippen LogP contribution in [-0.2, 0) is 5.41 Å². The van der Waals surface area contributed by atoms with Gasteiger partial charge in [0.2, 0.25) is 0 Å². The van der Waals surface area contributed by atoms with Gasteiger partial charge in [-0.1, -0.05) is 32.0 Å². The Balaban J connectivity index is 2.50. The Morgan fingerprint density at radius 1 is 0.778 bits per heavy atom. The third-order valence-electron chi connectivity index (χ3n) is 3.26. The van der Waals surface area contributed by atoms with Crippen molar-refractivity contribution in [2.24, 2.45) is 0 Å². The fraction of sp³-hybridized carbons (Fsp3) is 0.200. The molecular formula is C15H16O3. The molecule has 2 aromatic rings. The number of benzene rings is 2. The van der Waals surface area contributed by atoms with Gasteiger partial charge < -0.3 is 15.3 Å². The van der Waals surface area contributed by atoms with Crippen molar-refractivity contribution in [3.05, 3.63) is 53.6 Å². The van der Waals surface area contributed by atoms with Gasteiger partial charge in [-0.15, -0.1) is 0 Å². The summed E-state index contributed by atoms with van der Waals surface area (Å²) in [6, 6.07) is 11.8. The second-order valence-corrected chi connectivity index (χ2v) is 4.88. The molecule has 2 aromatic carbocycles. The molecule has 0 aromatic heterocycles. The van der Waals surface area contributed by atoms with Crippen LogP contribution in [0.2, 0.25) is 0 Å². The van der Waals surface area contributed by atoms with Gasteiger partial charge in [0.15, 0.2) is 11.5 Å². The fourth-order valence-corrected chi connectivity index (χ4v) is 1.97. The van der Waals surface area contributed by atoms with Crippen LogP contribution in [0, 0.1) is 0 Å². The van der Waals surface area contributed by atoms with Crippen LogP contribution in [0.1, 0.15) is 25.0 Å². The van der Waals surface area contributed by atoms with Crippen LogP contribution in [0.15, 0.2) is 42.5 Å². The third kappa shape index (κ3) is 2.12. The Morgan fingerprint density at radius 2 is 1.44 bits per heavy atom. The summed E-state index contributed by atoms with van der Waals surface area (Å²) in [5.74, 6) is -0.0604. The van der Waals surface area contributed by atoms with Crippen molar-refractivity contribution >= 4 is 0 Å². The molecule has 0 spiro atoms. The molecule has 0 fully saturated rings. The topological polar surface area (TPSA) is 60.7 Å². The molecule has 18 heavy (non-hydrogen) atoms. The molecule has 0 aliphatic heterocycles. The average molecular weight is 244 g/mol. The standard InChI is InChI=1S/C15H16O3/c1-15(2,10-4-3-5-12(16)8-10)11-6-7-13(17)14(18)9-11/h3-9,16-18H,1-2H3. The number of phenolic OH excluding ortho intramolecular Hbond substituents is 3. The van der Waals surface area contributed by atoms with Gasteiger partial charge in [0.25, 0.3) is 0 Å². The summed E-state index contributed by atoms with van der Waals surface area (Å²) >= 11 is 0. The number of aromatic hydroxyl groups is 3. The van der Waals surface area contributed by atoms with E-state index >= 15 is 0 Å². The quantitative estimate of drug-likeness (QED) is 0.711. The molecule has 0 amide bonds. The number of hydrogen-bond donors (Lipinski definition) is 3. The molecule has 0 saturated heterocycles. The highest BCUT2D eigenvalue weighted by Crippen LogP contribution is 2.36. The second kappa shape index (κ2) is 4.26. The Bertz CT molecular complexity index is 574. The normalized spacial score (nSPS) is 11.4. The van der Waals surface area contributed by atoms with Crippen LogP contribution in [0.4, 0.5) is 0 Å². The SMILES string of the molecule is CC(C)(c1cccc(O)c1)c1ccc(O)c(O)c1. The van der Waals surface area contributed by atoms with Crippen LogP contribution in [0.3, 0.4) is 0 Å². The zero-order valence-corrected chi connectivity index (χ0v) is 10.4. The van der Waals surface area contributed by atoms with E-state index in [4.69, 9.17) is 0 Å². The zero-order chi connectivity index (χ0) is 13.3. The van der Waals surface area contributed by atoms with Crippen LogP contribution in [-0.4, -0.2) is 15.3 Å². The lowest BCUT2D eigenvalue weighted by atomic mass is 9.78. The summed E-state index contributed by atoms with van der Waals surface area (Å²) < 4.78 is 0. The van der Waals surface area contributed by atoms with Gasteiger partial charge in [-0.3, -0.25) is 0 Å². The van der Waals surface area contributed by atoms with Gasteiger partial charge >= 0.3 is 0 Å². The summed E-state index contributed by atoms with van der Waals surface area (Å²) in [6.07, 6.45) is 0. The minimum Gasteiger partial charge on any atom is -0.508 e. The first-order valence-corrected chi connectivity index (χ1v) is 5.73. The molecule has 0 aliphatic rings. The smallest absolute Gasteiger partial charge is 0.157 e. The van der Waals surface area contributed by atoms with E-state index in [1.807, 2.05) is 19.9 Å². The maximum absolute atomic E-state index is 9.57. The van der Waals surface area contributed by atoms with E-state index in [9.17, 15) is 15.3 Å². The lowest BCUT2D eigenvalue weighted by Gasteiger charge is -2.26. The van der Waals surface area contributed by atoms with E-state index in [1.54, 1.807) is 30.3 Å². The maximum Gasteiger partial charge on any atom is 0.157 e. The van der Waals surface area contributed by atoms with E-state index in [-0.39, 0.29) is 22.7 Å². The maximum atomic E-state index is 9.57. The Labute approximate surface area is 106 Å². The summed E-state index contributed by atoms with van der Waals surface area (Å²) in [7, 11) is 0. The number of phenols is 3. The first kappa shape index (κ1) is 12.3. The lowest BCUT2D eigenvalue weighted by molar-refractivity contribution is 0.402. The molecule has 2 rings (SSSR count). The fourth-order valence-electron chi connectivity index (χ4n) is 1.97. The van der Waals surface area contributed by atoms with Crippen LogP contribution < -0.4 is 0 Å².